The number of imidazole rings is 1. The average Bonchev–Trinajstić information content (AvgIpc) is 2.58. The Labute approximate surface area is 75.4 Å². The van der Waals surface area contributed by atoms with E-state index in [-0.39, 0.29) is 0 Å². The van der Waals surface area contributed by atoms with Crippen molar-refractivity contribution in [2.24, 2.45) is 0 Å². The predicted molar refractivity (Wildman–Crippen MR) is 53.5 cm³/mol. The molecule has 0 aliphatic heterocycles. The normalized spacial score (nSPS) is 10.4. The van der Waals surface area contributed by atoms with Crippen LogP contribution in [0.5, 0.6) is 0 Å². The monoisotopic (exact) mass is 198 g/mol. The number of aromatic nitrogens is 3. The molecule has 2 rings (SSSR count). The molecule has 0 saturated heterocycles. The van der Waals surface area contributed by atoms with Gasteiger partial charge in [-0.15, -0.1) is 11.3 Å². The molecule has 0 bridgehead atoms. The highest BCUT2D eigenvalue weighted by atomic mass is 32.1. The molecule has 0 spiro atoms. The first kappa shape index (κ1) is 7.71. The van der Waals surface area contributed by atoms with E-state index in [9.17, 15) is 0 Å². The molecule has 62 valence electrons. The number of rotatable bonds is 1. The van der Waals surface area contributed by atoms with Crippen LogP contribution in [0.15, 0.2) is 12.4 Å². The molecule has 3 N–H and O–H groups in total. The van der Waals surface area contributed by atoms with Gasteiger partial charge in [0, 0.05) is 12.4 Å². The number of nitrogens with one attached hydrogen (secondary N) is 1. The number of nitrogens with two attached hydrogens (primary N) is 1. The topological polar surface area (TPSA) is 67.6 Å². The Bertz CT molecular complexity index is 380. The summed E-state index contributed by atoms with van der Waals surface area (Å²) in [6.45, 7) is 0. The molecule has 0 radical (unpaired) electrons. The van der Waals surface area contributed by atoms with Crippen LogP contribution in [0, 0.1) is 0 Å². The lowest BCUT2D eigenvalue weighted by Gasteiger charge is -1.89. The van der Waals surface area contributed by atoms with E-state index in [1.807, 2.05) is 0 Å². The van der Waals surface area contributed by atoms with Gasteiger partial charge in [0.1, 0.15) is 15.4 Å². The van der Waals surface area contributed by atoms with Gasteiger partial charge in [0.05, 0.1) is 0 Å². The fourth-order valence-electron chi connectivity index (χ4n) is 0.908. The highest BCUT2D eigenvalue weighted by molar-refractivity contribution is 7.44. The number of hydrogen-bond acceptors (Lipinski definition) is 4. The second-order valence-corrected chi connectivity index (χ2v) is 4.20. The summed E-state index contributed by atoms with van der Waals surface area (Å²) in [5.41, 5.74) is 5.66. The zero-order chi connectivity index (χ0) is 8.55. The summed E-state index contributed by atoms with van der Waals surface area (Å²) in [6.07, 6.45) is 3.45. The molecular weight excluding hydrogens is 191 g/mol. The molecule has 1 atom stereocenters. The van der Waals surface area contributed by atoms with Gasteiger partial charge in [0.15, 0.2) is 5.82 Å². The Morgan fingerprint density at radius 1 is 1.58 bits per heavy atom. The quantitative estimate of drug-likeness (QED) is 0.660. The van der Waals surface area contributed by atoms with E-state index in [2.05, 4.69) is 24.2 Å². The zero-order valence-electron chi connectivity index (χ0n) is 6.11. The summed E-state index contributed by atoms with van der Waals surface area (Å²) in [5.74, 6) is 1.30. The predicted octanol–water partition coefficient (Wildman–Crippen LogP) is 0.616. The minimum Gasteiger partial charge on any atom is -0.382 e. The van der Waals surface area contributed by atoms with Crippen LogP contribution in [0.25, 0.3) is 10.7 Å². The maximum atomic E-state index is 5.66. The van der Waals surface area contributed by atoms with Crippen LogP contribution in [-0.2, 0) is 0 Å². The van der Waals surface area contributed by atoms with Gasteiger partial charge in [-0.1, -0.05) is 9.24 Å². The van der Waals surface area contributed by atoms with E-state index in [0.717, 1.165) is 15.5 Å². The molecule has 0 aliphatic rings. The minimum atomic E-state index is 0.528. The highest BCUT2D eigenvalue weighted by Gasteiger charge is 2.09. The maximum Gasteiger partial charge on any atom is 0.151 e. The van der Waals surface area contributed by atoms with Gasteiger partial charge in [0.25, 0.3) is 0 Å². The van der Waals surface area contributed by atoms with E-state index in [1.165, 1.54) is 11.3 Å². The lowest BCUT2D eigenvalue weighted by molar-refractivity contribution is 1.32. The smallest absolute Gasteiger partial charge is 0.151 e. The lowest BCUT2D eigenvalue weighted by Crippen LogP contribution is -1.91. The molecule has 2 heterocycles. The van der Waals surface area contributed by atoms with Crippen molar-refractivity contribution in [3.63, 3.8) is 0 Å². The largest absolute Gasteiger partial charge is 0.382 e. The van der Waals surface area contributed by atoms with Crippen molar-refractivity contribution in [2.75, 3.05) is 5.73 Å². The summed E-state index contributed by atoms with van der Waals surface area (Å²) in [5, 5.41) is 0. The van der Waals surface area contributed by atoms with Gasteiger partial charge in [-0.25, -0.2) is 9.97 Å². The Kier molecular flexibility index (Phi) is 1.83. The van der Waals surface area contributed by atoms with Crippen LogP contribution >= 0.6 is 20.6 Å². The van der Waals surface area contributed by atoms with Crippen LogP contribution in [0.2, 0.25) is 0 Å². The van der Waals surface area contributed by atoms with Crippen molar-refractivity contribution in [2.45, 2.75) is 0 Å². The third-order valence-electron chi connectivity index (χ3n) is 1.38. The van der Waals surface area contributed by atoms with E-state index in [4.69, 9.17) is 5.73 Å². The third kappa shape index (κ3) is 1.21. The molecule has 2 aromatic rings. The second kappa shape index (κ2) is 2.84. The van der Waals surface area contributed by atoms with Crippen molar-refractivity contribution in [3.8, 4) is 10.7 Å². The van der Waals surface area contributed by atoms with E-state index in [0.29, 0.717) is 5.82 Å². The molecule has 4 nitrogen and oxygen atoms in total. The van der Waals surface area contributed by atoms with Crippen LogP contribution in [0.1, 0.15) is 0 Å². The summed E-state index contributed by atoms with van der Waals surface area (Å²) >= 11 is 1.51. The highest BCUT2D eigenvalue weighted by Crippen LogP contribution is 2.25. The van der Waals surface area contributed by atoms with Gasteiger partial charge in [-0.3, -0.25) is 0 Å². The van der Waals surface area contributed by atoms with Crippen LogP contribution in [0.4, 0.5) is 5.82 Å². The number of hydrogen-bond donors (Lipinski definition) is 2. The standard InChI is InChI=1S/C6H7N4PS/c7-4-3(12-6(11)10-4)5-8-1-2-9-5/h1-2H,7,11H2,(H,8,9). The second-order valence-electron chi connectivity index (χ2n) is 2.20. The summed E-state index contributed by atoms with van der Waals surface area (Å²) in [7, 11) is 2.52. The molecule has 0 aromatic carbocycles. The van der Waals surface area contributed by atoms with Crippen molar-refractivity contribution < 1.29 is 0 Å². The number of nitrogen functional groups attached to an aromatic ring is 1. The van der Waals surface area contributed by atoms with E-state index in [1.54, 1.807) is 12.4 Å². The number of H-pyrrole nitrogens is 1. The van der Waals surface area contributed by atoms with Crippen molar-refractivity contribution >= 4 is 31.1 Å². The molecular formula is C6H7N4PS. The minimum absolute atomic E-state index is 0.528. The first-order valence-electron chi connectivity index (χ1n) is 3.29. The molecule has 0 fully saturated rings. The van der Waals surface area contributed by atoms with E-state index < -0.39 is 0 Å². The number of aromatic amines is 1. The van der Waals surface area contributed by atoms with Gasteiger partial charge in [-0.05, 0) is 0 Å². The Hall–Kier alpha value is -0.930. The number of thiazole rings is 1. The SMILES string of the molecule is Nc1nc(P)sc1-c1ncc[nH]1. The van der Waals surface area contributed by atoms with Crippen molar-refractivity contribution in [1.82, 2.24) is 15.0 Å². The van der Waals surface area contributed by atoms with Crippen LogP contribution in [0.3, 0.4) is 0 Å². The summed E-state index contributed by atoms with van der Waals surface area (Å²) in [6, 6.07) is 0. The first-order valence-corrected chi connectivity index (χ1v) is 4.68. The number of anilines is 1. The summed E-state index contributed by atoms with van der Waals surface area (Å²) in [4.78, 5) is 12.0. The lowest BCUT2D eigenvalue weighted by atomic mass is 10.5. The molecule has 2 aromatic heterocycles. The van der Waals surface area contributed by atoms with Crippen LogP contribution < -0.4 is 10.5 Å². The van der Waals surface area contributed by atoms with Gasteiger partial charge < -0.3 is 10.7 Å². The molecule has 0 aliphatic carbocycles. The molecule has 6 heteroatoms. The zero-order valence-corrected chi connectivity index (χ0v) is 8.08. The van der Waals surface area contributed by atoms with E-state index >= 15 is 0 Å². The summed E-state index contributed by atoms with van der Waals surface area (Å²) < 4.78 is 0.874. The van der Waals surface area contributed by atoms with Gasteiger partial charge >= 0.3 is 0 Å². The van der Waals surface area contributed by atoms with Crippen molar-refractivity contribution in [3.05, 3.63) is 12.4 Å². The maximum absolute atomic E-state index is 5.66. The molecule has 0 saturated carbocycles. The third-order valence-corrected chi connectivity index (χ3v) is 2.77. The van der Waals surface area contributed by atoms with Gasteiger partial charge in [-0.2, -0.15) is 0 Å². The average molecular weight is 198 g/mol. The Morgan fingerprint density at radius 2 is 2.42 bits per heavy atom. The molecule has 0 amide bonds. The molecule has 1 unspecified atom stereocenters. The first-order chi connectivity index (χ1) is 5.77. The molecule has 12 heavy (non-hydrogen) atoms. The Balaban J connectivity index is 2.54. The Morgan fingerprint density at radius 3 is 2.92 bits per heavy atom. The van der Waals surface area contributed by atoms with Crippen LogP contribution in [-0.4, -0.2) is 15.0 Å². The number of nitrogens with zero attached hydrogens (tertiary/aromatic N) is 2. The fraction of sp³-hybridized carbons (Fsp3) is 0. The fourth-order valence-corrected chi connectivity index (χ4v) is 2.11. The van der Waals surface area contributed by atoms with Gasteiger partial charge in [0.2, 0.25) is 0 Å². The van der Waals surface area contributed by atoms with Crippen molar-refractivity contribution in [1.29, 1.82) is 0 Å².